The van der Waals surface area contributed by atoms with E-state index < -0.39 is 0 Å². The van der Waals surface area contributed by atoms with E-state index in [2.05, 4.69) is 202 Å². The summed E-state index contributed by atoms with van der Waals surface area (Å²) in [5.41, 5.74) is 13.8. The molecular weight excluding hydrogens is 639 g/mol. The summed E-state index contributed by atoms with van der Waals surface area (Å²) in [5, 5.41) is 7.71. The van der Waals surface area contributed by atoms with Crippen molar-refractivity contribution in [2.45, 2.75) is 32.6 Å². The van der Waals surface area contributed by atoms with Crippen molar-refractivity contribution < 1.29 is 0 Å². The molecule has 0 aliphatic heterocycles. The van der Waals surface area contributed by atoms with E-state index in [9.17, 15) is 0 Å². The Morgan fingerprint density at radius 2 is 1.17 bits per heavy atom. The molecule has 1 nitrogen and oxygen atoms in total. The maximum atomic E-state index is 2.46. The van der Waals surface area contributed by atoms with Gasteiger partial charge in [0.25, 0.3) is 0 Å². The zero-order valence-electron chi connectivity index (χ0n) is 30.5. The Balaban J connectivity index is 1.14. The fraction of sp³-hybridized carbons (Fsp3) is 0.115. The van der Waals surface area contributed by atoms with Crippen LogP contribution in [0.2, 0.25) is 0 Å². The molecule has 1 unspecified atom stereocenters. The van der Waals surface area contributed by atoms with Crippen LogP contribution in [0, 0.1) is 5.92 Å². The predicted molar refractivity (Wildman–Crippen MR) is 228 cm³/mol. The molecule has 0 heterocycles. The van der Waals surface area contributed by atoms with Gasteiger partial charge in [-0.05, 0) is 120 Å². The smallest absolute Gasteiger partial charge is 0.0543 e. The molecule has 8 aromatic rings. The van der Waals surface area contributed by atoms with E-state index in [4.69, 9.17) is 0 Å². The number of fused-ring (bicyclic) bond motifs is 8. The third-order valence-electron chi connectivity index (χ3n) is 11.8. The predicted octanol–water partition coefficient (Wildman–Crippen LogP) is 14.6. The first-order chi connectivity index (χ1) is 26.0. The molecule has 0 aromatic heterocycles. The number of hydrogen-bond acceptors (Lipinski definition) is 1. The Labute approximate surface area is 312 Å². The summed E-state index contributed by atoms with van der Waals surface area (Å²) in [6, 6.07) is 58.8. The highest BCUT2D eigenvalue weighted by molar-refractivity contribution is 6.21. The van der Waals surface area contributed by atoms with Crippen molar-refractivity contribution in [1.29, 1.82) is 0 Å². The quantitative estimate of drug-likeness (QED) is 0.164. The number of benzene rings is 8. The second-order valence-electron chi connectivity index (χ2n) is 15.4. The van der Waals surface area contributed by atoms with Gasteiger partial charge in [-0.1, -0.05) is 160 Å². The highest BCUT2D eigenvalue weighted by atomic mass is 15.1. The van der Waals surface area contributed by atoms with Crippen LogP contribution in [-0.2, 0) is 5.41 Å². The fourth-order valence-electron chi connectivity index (χ4n) is 8.98. The van der Waals surface area contributed by atoms with Crippen molar-refractivity contribution in [2.75, 3.05) is 4.90 Å². The zero-order chi connectivity index (χ0) is 35.7. The summed E-state index contributed by atoms with van der Waals surface area (Å²) in [5.74, 6) is 0.593. The lowest BCUT2D eigenvalue weighted by molar-refractivity contribution is 0.660. The van der Waals surface area contributed by atoms with E-state index in [1.54, 1.807) is 0 Å². The van der Waals surface area contributed by atoms with Crippen LogP contribution in [0.4, 0.5) is 17.1 Å². The zero-order valence-corrected chi connectivity index (χ0v) is 30.5. The summed E-state index contributed by atoms with van der Waals surface area (Å²) in [6.45, 7) is 7.00. The van der Waals surface area contributed by atoms with E-state index in [0.717, 1.165) is 17.8 Å². The van der Waals surface area contributed by atoms with Gasteiger partial charge in [-0.3, -0.25) is 0 Å². The molecule has 8 aromatic carbocycles. The van der Waals surface area contributed by atoms with Crippen molar-refractivity contribution >= 4 is 55.0 Å². The van der Waals surface area contributed by atoms with Crippen LogP contribution in [-0.4, -0.2) is 0 Å². The molecule has 0 amide bonds. The molecule has 0 fully saturated rings. The minimum atomic E-state index is -0.0838. The lowest BCUT2D eigenvalue weighted by Gasteiger charge is -2.29. The Morgan fingerprint density at radius 1 is 0.528 bits per heavy atom. The molecule has 1 heteroatoms. The van der Waals surface area contributed by atoms with Gasteiger partial charge in [0, 0.05) is 22.4 Å². The van der Waals surface area contributed by atoms with Gasteiger partial charge in [0.1, 0.15) is 0 Å². The normalized spacial score (nSPS) is 15.8. The molecule has 2 aliphatic carbocycles. The van der Waals surface area contributed by atoms with Crippen molar-refractivity contribution in [3.05, 3.63) is 193 Å². The Bertz CT molecular complexity index is 2780. The molecule has 254 valence electrons. The SMILES string of the molecule is CC1C=CC(c2ccc(N(c3ccc(-c4cc5c6ccccc6ccc5c5ccccc45)cc3)c3cccc4c3-c3ccccc3C4(C)C)cc2)=CC1. The number of rotatable bonds is 5. The first-order valence-corrected chi connectivity index (χ1v) is 18.9. The van der Waals surface area contributed by atoms with Crippen molar-refractivity contribution in [3.8, 4) is 22.3 Å². The van der Waals surface area contributed by atoms with E-state index in [1.165, 1.54) is 82.5 Å². The van der Waals surface area contributed by atoms with Gasteiger partial charge in [0.05, 0.1) is 5.69 Å². The second-order valence-corrected chi connectivity index (χ2v) is 15.4. The van der Waals surface area contributed by atoms with Crippen molar-refractivity contribution in [1.82, 2.24) is 0 Å². The monoisotopic (exact) mass is 679 g/mol. The van der Waals surface area contributed by atoms with Crippen LogP contribution < -0.4 is 4.90 Å². The van der Waals surface area contributed by atoms with Crippen LogP contribution in [0.25, 0.3) is 60.1 Å². The summed E-state index contributed by atoms with van der Waals surface area (Å²) in [4.78, 5) is 2.46. The standard InChI is InChI=1S/C52H41N/c1-34-19-21-35(22-20-34)36-23-28-39(29-24-36)53(50-18-10-17-49-51(50)45-15-8-9-16-48(45)52(49,2)3)40-30-25-38(26-31-40)46-33-47-41-12-5-4-11-37(41)27-32-44(47)42-13-6-7-14-43(42)46/h4-19,21-34H,20H2,1-3H3. The van der Waals surface area contributed by atoms with E-state index in [1.807, 2.05) is 0 Å². The highest BCUT2D eigenvalue weighted by Crippen LogP contribution is 2.54. The number of allylic oxidation sites excluding steroid dienone is 4. The average molecular weight is 680 g/mol. The van der Waals surface area contributed by atoms with Crippen molar-refractivity contribution in [2.24, 2.45) is 5.92 Å². The molecule has 1 atom stereocenters. The van der Waals surface area contributed by atoms with Gasteiger partial charge in [0.15, 0.2) is 0 Å². The maximum Gasteiger partial charge on any atom is 0.0543 e. The summed E-state index contributed by atoms with van der Waals surface area (Å²) in [7, 11) is 0. The van der Waals surface area contributed by atoms with Gasteiger partial charge < -0.3 is 4.90 Å². The van der Waals surface area contributed by atoms with Gasteiger partial charge in [-0.25, -0.2) is 0 Å². The number of nitrogens with zero attached hydrogens (tertiary/aromatic N) is 1. The molecule has 0 saturated carbocycles. The molecular formula is C52H41N. The number of hydrogen-bond donors (Lipinski definition) is 0. The third kappa shape index (κ3) is 5.06. The summed E-state index contributed by atoms with van der Waals surface area (Å²) >= 11 is 0. The average Bonchev–Trinajstić information content (AvgIpc) is 3.45. The van der Waals surface area contributed by atoms with Crippen LogP contribution in [0.5, 0.6) is 0 Å². The topological polar surface area (TPSA) is 3.24 Å². The van der Waals surface area contributed by atoms with Crippen LogP contribution in [0.3, 0.4) is 0 Å². The largest absolute Gasteiger partial charge is 0.310 e. The Morgan fingerprint density at radius 3 is 1.92 bits per heavy atom. The maximum absolute atomic E-state index is 2.46. The first-order valence-electron chi connectivity index (χ1n) is 18.9. The Hall–Kier alpha value is -6.18. The Kier molecular flexibility index (Phi) is 7.27. The van der Waals surface area contributed by atoms with Gasteiger partial charge in [-0.15, -0.1) is 0 Å². The molecule has 0 saturated heterocycles. The van der Waals surface area contributed by atoms with Crippen LogP contribution >= 0.6 is 0 Å². The molecule has 0 bridgehead atoms. The molecule has 53 heavy (non-hydrogen) atoms. The van der Waals surface area contributed by atoms with Gasteiger partial charge in [0.2, 0.25) is 0 Å². The van der Waals surface area contributed by atoms with E-state index >= 15 is 0 Å². The fourth-order valence-corrected chi connectivity index (χ4v) is 8.98. The molecule has 10 rings (SSSR count). The lowest BCUT2D eigenvalue weighted by Crippen LogP contribution is -2.16. The second kappa shape index (κ2) is 12.2. The summed E-state index contributed by atoms with van der Waals surface area (Å²) < 4.78 is 0. The molecule has 0 radical (unpaired) electrons. The van der Waals surface area contributed by atoms with E-state index in [-0.39, 0.29) is 5.41 Å². The highest BCUT2D eigenvalue weighted by Gasteiger charge is 2.37. The third-order valence-corrected chi connectivity index (χ3v) is 11.8. The minimum Gasteiger partial charge on any atom is -0.310 e. The van der Waals surface area contributed by atoms with E-state index in [0.29, 0.717) is 5.92 Å². The molecule has 2 aliphatic rings. The van der Waals surface area contributed by atoms with Crippen molar-refractivity contribution in [3.63, 3.8) is 0 Å². The van der Waals surface area contributed by atoms with Gasteiger partial charge in [-0.2, -0.15) is 0 Å². The first kappa shape index (κ1) is 31.5. The number of anilines is 3. The minimum absolute atomic E-state index is 0.0838. The van der Waals surface area contributed by atoms with Crippen LogP contribution in [0.1, 0.15) is 43.9 Å². The van der Waals surface area contributed by atoms with Crippen LogP contribution in [0.15, 0.2) is 176 Å². The summed E-state index contributed by atoms with van der Waals surface area (Å²) in [6.07, 6.45) is 8.06. The van der Waals surface area contributed by atoms with Gasteiger partial charge >= 0.3 is 0 Å². The lowest BCUT2D eigenvalue weighted by atomic mass is 9.82. The molecule has 0 spiro atoms. The molecule has 0 N–H and O–H groups in total.